The molecule has 0 saturated carbocycles. The van der Waals surface area contributed by atoms with E-state index < -0.39 is 6.09 Å². The zero-order valence-corrected chi connectivity index (χ0v) is 13.3. The van der Waals surface area contributed by atoms with Crippen LogP contribution in [-0.4, -0.2) is 56.0 Å². The van der Waals surface area contributed by atoms with E-state index in [0.717, 1.165) is 11.3 Å². The van der Waals surface area contributed by atoms with Crippen molar-refractivity contribution in [2.75, 3.05) is 39.5 Å². The number of carbonyl (C=O) groups is 2. The first-order chi connectivity index (χ1) is 10.5. The number of likely N-dealkylation sites (N-methyl/N-ethyl adjacent to an activating group) is 2. The minimum absolute atomic E-state index is 0.175. The van der Waals surface area contributed by atoms with Gasteiger partial charge in [0.25, 0.3) is 0 Å². The van der Waals surface area contributed by atoms with Gasteiger partial charge in [0, 0.05) is 39.9 Å². The highest BCUT2D eigenvalue weighted by atomic mass is 16.6. The Kier molecular flexibility index (Phi) is 6.95. The van der Waals surface area contributed by atoms with Crippen LogP contribution in [0.25, 0.3) is 0 Å². The standard InChI is InChI=1S/C16H23N3O3/c1-5-15(20)18(3)10-11-19(4)16(21)22-12-13-6-8-14(17-2)9-7-13/h5-9,17H,1,10-12H2,2-4H3. The summed E-state index contributed by atoms with van der Waals surface area (Å²) >= 11 is 0. The zero-order valence-electron chi connectivity index (χ0n) is 13.3. The van der Waals surface area contributed by atoms with E-state index in [9.17, 15) is 9.59 Å². The molecule has 0 radical (unpaired) electrons. The molecule has 0 spiro atoms. The van der Waals surface area contributed by atoms with Crippen molar-refractivity contribution in [3.8, 4) is 0 Å². The lowest BCUT2D eigenvalue weighted by atomic mass is 10.2. The third kappa shape index (κ3) is 5.47. The van der Waals surface area contributed by atoms with Crippen molar-refractivity contribution in [1.82, 2.24) is 9.80 Å². The van der Waals surface area contributed by atoms with E-state index in [0.29, 0.717) is 13.1 Å². The van der Waals surface area contributed by atoms with Crippen molar-refractivity contribution in [2.45, 2.75) is 6.61 Å². The maximum absolute atomic E-state index is 11.9. The molecule has 1 rings (SSSR count). The molecule has 0 aromatic heterocycles. The van der Waals surface area contributed by atoms with Gasteiger partial charge in [-0.1, -0.05) is 18.7 Å². The van der Waals surface area contributed by atoms with Crippen LogP contribution in [0.4, 0.5) is 10.5 Å². The van der Waals surface area contributed by atoms with E-state index in [1.54, 1.807) is 14.1 Å². The van der Waals surface area contributed by atoms with Gasteiger partial charge in [-0.05, 0) is 23.8 Å². The molecule has 0 bridgehead atoms. The average molecular weight is 305 g/mol. The Labute approximate surface area is 131 Å². The molecule has 6 nitrogen and oxygen atoms in total. The van der Waals surface area contributed by atoms with Crippen molar-refractivity contribution in [2.24, 2.45) is 0 Å². The number of carbonyl (C=O) groups excluding carboxylic acids is 2. The predicted octanol–water partition coefficient (Wildman–Crippen LogP) is 1.94. The van der Waals surface area contributed by atoms with Gasteiger partial charge in [-0.2, -0.15) is 0 Å². The predicted molar refractivity (Wildman–Crippen MR) is 86.6 cm³/mol. The quantitative estimate of drug-likeness (QED) is 0.782. The molecule has 1 N–H and O–H groups in total. The highest BCUT2D eigenvalue weighted by Gasteiger charge is 2.12. The number of nitrogens with one attached hydrogen (secondary N) is 1. The number of amides is 2. The van der Waals surface area contributed by atoms with Crippen LogP contribution < -0.4 is 5.32 Å². The number of hydrogen-bond donors (Lipinski definition) is 1. The molecule has 6 heteroatoms. The van der Waals surface area contributed by atoms with Crippen LogP contribution in [-0.2, 0) is 16.1 Å². The molecular weight excluding hydrogens is 282 g/mol. The minimum Gasteiger partial charge on any atom is -0.445 e. The summed E-state index contributed by atoms with van der Waals surface area (Å²) < 4.78 is 5.23. The van der Waals surface area contributed by atoms with Gasteiger partial charge in [-0.25, -0.2) is 4.79 Å². The van der Waals surface area contributed by atoms with Gasteiger partial charge in [-0.15, -0.1) is 0 Å². The molecule has 22 heavy (non-hydrogen) atoms. The van der Waals surface area contributed by atoms with E-state index >= 15 is 0 Å². The van der Waals surface area contributed by atoms with Crippen LogP contribution in [0.15, 0.2) is 36.9 Å². The van der Waals surface area contributed by atoms with Gasteiger partial charge in [0.1, 0.15) is 6.61 Å². The molecule has 0 heterocycles. The van der Waals surface area contributed by atoms with Crippen LogP contribution in [0.3, 0.4) is 0 Å². The van der Waals surface area contributed by atoms with E-state index in [4.69, 9.17) is 4.74 Å². The normalized spacial score (nSPS) is 9.77. The number of anilines is 1. The van der Waals surface area contributed by atoms with Crippen molar-refractivity contribution in [1.29, 1.82) is 0 Å². The van der Waals surface area contributed by atoms with E-state index in [1.165, 1.54) is 15.9 Å². The van der Waals surface area contributed by atoms with Crippen LogP contribution in [0, 0.1) is 0 Å². The second-order valence-electron chi connectivity index (χ2n) is 4.89. The Hall–Kier alpha value is -2.50. The SMILES string of the molecule is C=CC(=O)N(C)CCN(C)C(=O)OCc1ccc(NC)cc1. The molecular formula is C16H23N3O3. The fraction of sp³-hybridized carbons (Fsp3) is 0.375. The van der Waals surface area contributed by atoms with Crippen molar-refractivity contribution < 1.29 is 14.3 Å². The van der Waals surface area contributed by atoms with Crippen molar-refractivity contribution >= 4 is 17.7 Å². The highest BCUT2D eigenvalue weighted by molar-refractivity contribution is 5.86. The molecule has 0 fully saturated rings. The van der Waals surface area contributed by atoms with Gasteiger partial charge < -0.3 is 19.9 Å². The summed E-state index contributed by atoms with van der Waals surface area (Å²) in [6.45, 7) is 4.46. The second-order valence-corrected chi connectivity index (χ2v) is 4.89. The number of rotatable bonds is 7. The fourth-order valence-electron chi connectivity index (χ4n) is 1.68. The molecule has 1 aromatic rings. The van der Waals surface area contributed by atoms with Gasteiger partial charge in [0.15, 0.2) is 0 Å². The lowest BCUT2D eigenvalue weighted by molar-refractivity contribution is -0.124. The van der Waals surface area contributed by atoms with Crippen molar-refractivity contribution in [3.63, 3.8) is 0 Å². The summed E-state index contributed by atoms with van der Waals surface area (Å²) in [5.74, 6) is -0.175. The van der Waals surface area contributed by atoms with Crippen LogP contribution in [0.2, 0.25) is 0 Å². The molecule has 120 valence electrons. The molecule has 0 atom stereocenters. The maximum Gasteiger partial charge on any atom is 0.409 e. The highest BCUT2D eigenvalue weighted by Crippen LogP contribution is 2.09. The largest absolute Gasteiger partial charge is 0.445 e. The summed E-state index contributed by atoms with van der Waals surface area (Å²) in [5, 5.41) is 3.02. The van der Waals surface area contributed by atoms with Gasteiger partial charge in [0.2, 0.25) is 5.91 Å². The fourth-order valence-corrected chi connectivity index (χ4v) is 1.68. The molecule has 0 aliphatic rings. The Morgan fingerprint density at radius 3 is 2.32 bits per heavy atom. The van der Waals surface area contributed by atoms with Gasteiger partial charge in [0.05, 0.1) is 0 Å². The van der Waals surface area contributed by atoms with E-state index in [1.807, 2.05) is 31.3 Å². The third-order valence-electron chi connectivity index (χ3n) is 3.24. The first-order valence-corrected chi connectivity index (χ1v) is 7.00. The zero-order chi connectivity index (χ0) is 16.5. The Morgan fingerprint density at radius 2 is 1.77 bits per heavy atom. The Morgan fingerprint density at radius 1 is 1.18 bits per heavy atom. The van der Waals surface area contributed by atoms with Gasteiger partial charge in [-0.3, -0.25) is 4.79 Å². The summed E-state index contributed by atoms with van der Waals surface area (Å²) in [6.07, 6.45) is 0.824. The summed E-state index contributed by atoms with van der Waals surface area (Å²) in [4.78, 5) is 26.1. The molecule has 0 unspecified atom stereocenters. The summed E-state index contributed by atoms with van der Waals surface area (Å²) in [6, 6.07) is 7.64. The lowest BCUT2D eigenvalue weighted by Crippen LogP contribution is -2.36. The second kappa shape index (κ2) is 8.71. The van der Waals surface area contributed by atoms with Crippen LogP contribution in [0.1, 0.15) is 5.56 Å². The topological polar surface area (TPSA) is 61.9 Å². The number of ether oxygens (including phenoxy) is 1. The molecule has 0 aliphatic heterocycles. The Bertz CT molecular complexity index is 514. The maximum atomic E-state index is 11.9. The molecule has 0 saturated heterocycles. The summed E-state index contributed by atoms with van der Waals surface area (Å²) in [7, 11) is 5.14. The summed E-state index contributed by atoms with van der Waals surface area (Å²) in [5.41, 5.74) is 1.92. The van der Waals surface area contributed by atoms with Crippen LogP contribution in [0.5, 0.6) is 0 Å². The average Bonchev–Trinajstić information content (AvgIpc) is 2.56. The molecule has 0 aliphatic carbocycles. The Balaban J connectivity index is 2.37. The third-order valence-corrected chi connectivity index (χ3v) is 3.24. The number of hydrogen-bond acceptors (Lipinski definition) is 4. The van der Waals surface area contributed by atoms with Gasteiger partial charge >= 0.3 is 6.09 Å². The number of nitrogens with zero attached hydrogens (tertiary/aromatic N) is 2. The van der Waals surface area contributed by atoms with E-state index in [-0.39, 0.29) is 12.5 Å². The van der Waals surface area contributed by atoms with E-state index in [2.05, 4.69) is 11.9 Å². The van der Waals surface area contributed by atoms with Crippen LogP contribution >= 0.6 is 0 Å². The lowest BCUT2D eigenvalue weighted by Gasteiger charge is -2.21. The van der Waals surface area contributed by atoms with Crippen molar-refractivity contribution in [3.05, 3.63) is 42.5 Å². The first kappa shape index (κ1) is 17.6. The number of benzene rings is 1. The molecule has 1 aromatic carbocycles. The minimum atomic E-state index is -0.419. The monoisotopic (exact) mass is 305 g/mol. The molecule has 2 amide bonds. The first-order valence-electron chi connectivity index (χ1n) is 7.00. The smallest absolute Gasteiger partial charge is 0.409 e.